The fourth-order valence-electron chi connectivity index (χ4n) is 2.65. The first kappa shape index (κ1) is 15.3. The predicted molar refractivity (Wildman–Crippen MR) is 78.6 cm³/mol. The summed E-state index contributed by atoms with van der Waals surface area (Å²) in [6.45, 7) is 4.44. The van der Waals surface area contributed by atoms with Crippen molar-refractivity contribution in [1.29, 1.82) is 0 Å². The Morgan fingerprint density at radius 2 is 2.15 bits per heavy atom. The van der Waals surface area contributed by atoms with Crippen molar-refractivity contribution in [1.82, 2.24) is 10.2 Å². The zero-order valence-electron chi connectivity index (χ0n) is 11.7. The first-order valence-corrected chi connectivity index (χ1v) is 7.48. The minimum Gasteiger partial charge on any atom is -0.335 e. The van der Waals surface area contributed by atoms with Gasteiger partial charge in [0, 0.05) is 12.6 Å². The van der Waals surface area contributed by atoms with Gasteiger partial charge in [0.2, 0.25) is 0 Å². The van der Waals surface area contributed by atoms with Crippen LogP contribution in [0.1, 0.15) is 36.5 Å². The fourth-order valence-corrected chi connectivity index (χ4v) is 2.90. The Kier molecular flexibility index (Phi) is 5.38. The van der Waals surface area contributed by atoms with Gasteiger partial charge in [0.15, 0.2) is 0 Å². The Hall–Kier alpha value is -1.13. The minimum atomic E-state index is -0.544. The molecule has 0 saturated carbocycles. The van der Waals surface area contributed by atoms with E-state index in [1.165, 1.54) is 12.1 Å². The molecule has 0 spiro atoms. The van der Waals surface area contributed by atoms with Gasteiger partial charge in [-0.05, 0) is 44.5 Å². The zero-order chi connectivity index (χ0) is 14.5. The Morgan fingerprint density at radius 3 is 2.75 bits per heavy atom. The van der Waals surface area contributed by atoms with Crippen molar-refractivity contribution in [2.45, 2.75) is 32.2 Å². The summed E-state index contributed by atoms with van der Waals surface area (Å²) in [4.78, 5) is 14.4. The first-order valence-electron chi connectivity index (χ1n) is 7.10. The normalized spacial score (nSPS) is 16.1. The molecule has 1 heterocycles. The maximum atomic E-state index is 13.9. The number of nitrogens with one attached hydrogen (secondary N) is 1. The van der Waals surface area contributed by atoms with Crippen molar-refractivity contribution in [2.75, 3.05) is 19.6 Å². The minimum absolute atomic E-state index is 0.00106. The van der Waals surface area contributed by atoms with Gasteiger partial charge in [-0.2, -0.15) is 0 Å². The highest BCUT2D eigenvalue weighted by molar-refractivity contribution is 6.33. The van der Waals surface area contributed by atoms with E-state index in [1.807, 2.05) is 6.92 Å². The summed E-state index contributed by atoms with van der Waals surface area (Å²) in [5.41, 5.74) is 0.00106. The largest absolute Gasteiger partial charge is 0.335 e. The molecule has 1 aliphatic heterocycles. The van der Waals surface area contributed by atoms with Crippen LogP contribution in [0.25, 0.3) is 0 Å². The van der Waals surface area contributed by atoms with Crippen LogP contribution < -0.4 is 5.32 Å². The lowest BCUT2D eigenvalue weighted by atomic mass is 10.0. The number of benzene rings is 1. The van der Waals surface area contributed by atoms with E-state index in [4.69, 9.17) is 11.6 Å². The number of carbonyl (C=O) groups is 1. The van der Waals surface area contributed by atoms with Crippen molar-refractivity contribution in [2.24, 2.45) is 0 Å². The molecule has 0 bridgehead atoms. The number of nitrogens with zero attached hydrogens (tertiary/aromatic N) is 1. The molecule has 3 nitrogen and oxygen atoms in total. The average Bonchev–Trinajstić information content (AvgIpc) is 2.45. The van der Waals surface area contributed by atoms with Crippen LogP contribution in [0.5, 0.6) is 0 Å². The molecule has 1 N–H and O–H groups in total. The lowest BCUT2D eigenvalue weighted by molar-refractivity contribution is 0.0638. The van der Waals surface area contributed by atoms with Crippen LogP contribution >= 0.6 is 11.6 Å². The summed E-state index contributed by atoms with van der Waals surface area (Å²) in [5, 5.41) is 3.46. The van der Waals surface area contributed by atoms with Crippen LogP contribution in [0.15, 0.2) is 18.2 Å². The lowest BCUT2D eigenvalue weighted by Gasteiger charge is -2.34. The van der Waals surface area contributed by atoms with Crippen LogP contribution in [-0.4, -0.2) is 36.5 Å². The predicted octanol–water partition coefficient (Wildman–Crippen LogP) is 3.08. The number of rotatable bonds is 4. The van der Waals surface area contributed by atoms with Crippen LogP contribution in [-0.2, 0) is 0 Å². The first-order chi connectivity index (χ1) is 9.65. The molecule has 0 radical (unpaired) electrons. The Morgan fingerprint density at radius 1 is 1.45 bits per heavy atom. The second-order valence-electron chi connectivity index (χ2n) is 5.08. The molecule has 1 aromatic carbocycles. The van der Waals surface area contributed by atoms with Gasteiger partial charge in [-0.25, -0.2) is 4.39 Å². The molecular formula is C15H20ClFN2O. The molecule has 1 saturated heterocycles. The van der Waals surface area contributed by atoms with Gasteiger partial charge in [0.25, 0.3) is 5.91 Å². The number of hydrogen-bond donors (Lipinski definition) is 1. The van der Waals surface area contributed by atoms with Gasteiger partial charge in [-0.1, -0.05) is 24.6 Å². The number of hydrogen-bond acceptors (Lipinski definition) is 2. The molecule has 2 rings (SSSR count). The van der Waals surface area contributed by atoms with E-state index in [1.54, 1.807) is 11.0 Å². The summed E-state index contributed by atoms with van der Waals surface area (Å²) in [6.07, 6.45) is 2.65. The molecule has 0 aliphatic carbocycles. The van der Waals surface area contributed by atoms with E-state index < -0.39 is 5.82 Å². The number of halogens is 2. The van der Waals surface area contributed by atoms with E-state index in [0.29, 0.717) is 6.54 Å². The summed E-state index contributed by atoms with van der Waals surface area (Å²) in [7, 11) is 0. The molecule has 1 fully saturated rings. The Labute approximate surface area is 124 Å². The van der Waals surface area contributed by atoms with E-state index in [2.05, 4.69) is 5.32 Å². The average molecular weight is 299 g/mol. The molecular weight excluding hydrogens is 279 g/mol. The summed E-state index contributed by atoms with van der Waals surface area (Å²) in [6, 6.07) is 4.53. The van der Waals surface area contributed by atoms with Gasteiger partial charge < -0.3 is 10.2 Å². The molecule has 1 amide bonds. The van der Waals surface area contributed by atoms with E-state index in [9.17, 15) is 9.18 Å². The van der Waals surface area contributed by atoms with Crippen molar-refractivity contribution in [3.8, 4) is 0 Å². The standard InChI is InChI=1S/C15H20ClFN2O/c1-2-10-19(11-6-8-18-9-7-11)15(20)14-12(16)4-3-5-13(14)17/h3-5,11,18H,2,6-10H2,1H3. The third kappa shape index (κ3) is 3.30. The molecule has 110 valence electrons. The van der Waals surface area contributed by atoms with Gasteiger partial charge >= 0.3 is 0 Å². The summed E-state index contributed by atoms with van der Waals surface area (Å²) in [5.74, 6) is -0.834. The second kappa shape index (κ2) is 7.04. The number of piperidine rings is 1. The second-order valence-corrected chi connectivity index (χ2v) is 5.48. The van der Waals surface area contributed by atoms with Crippen molar-refractivity contribution < 1.29 is 9.18 Å². The van der Waals surface area contributed by atoms with Crippen LogP contribution in [0.2, 0.25) is 5.02 Å². The number of amides is 1. The van der Waals surface area contributed by atoms with Gasteiger partial charge in [0.05, 0.1) is 10.6 Å². The van der Waals surface area contributed by atoms with E-state index in [0.717, 1.165) is 32.4 Å². The highest BCUT2D eigenvalue weighted by Gasteiger charge is 2.28. The monoisotopic (exact) mass is 298 g/mol. The molecule has 1 aromatic rings. The van der Waals surface area contributed by atoms with E-state index in [-0.39, 0.29) is 22.5 Å². The van der Waals surface area contributed by atoms with E-state index >= 15 is 0 Å². The Balaban J connectivity index is 2.26. The van der Waals surface area contributed by atoms with Crippen molar-refractivity contribution in [3.05, 3.63) is 34.6 Å². The zero-order valence-corrected chi connectivity index (χ0v) is 12.4. The third-order valence-corrected chi connectivity index (χ3v) is 3.97. The molecule has 5 heteroatoms. The fraction of sp³-hybridized carbons (Fsp3) is 0.533. The topological polar surface area (TPSA) is 32.3 Å². The molecule has 0 aromatic heterocycles. The molecule has 1 aliphatic rings. The van der Waals surface area contributed by atoms with Gasteiger partial charge in [-0.3, -0.25) is 4.79 Å². The van der Waals surface area contributed by atoms with Crippen LogP contribution in [0, 0.1) is 5.82 Å². The molecule has 20 heavy (non-hydrogen) atoms. The van der Waals surface area contributed by atoms with Crippen LogP contribution in [0.4, 0.5) is 4.39 Å². The van der Waals surface area contributed by atoms with Gasteiger partial charge in [0.1, 0.15) is 5.82 Å². The lowest BCUT2D eigenvalue weighted by Crippen LogP contribution is -2.46. The quantitative estimate of drug-likeness (QED) is 0.926. The smallest absolute Gasteiger partial charge is 0.258 e. The summed E-state index contributed by atoms with van der Waals surface area (Å²) >= 11 is 6.01. The van der Waals surface area contributed by atoms with Crippen LogP contribution in [0.3, 0.4) is 0 Å². The third-order valence-electron chi connectivity index (χ3n) is 3.65. The highest BCUT2D eigenvalue weighted by atomic mass is 35.5. The summed E-state index contributed by atoms with van der Waals surface area (Å²) < 4.78 is 13.9. The number of carbonyl (C=O) groups excluding carboxylic acids is 1. The van der Waals surface area contributed by atoms with Gasteiger partial charge in [-0.15, -0.1) is 0 Å². The van der Waals surface area contributed by atoms with Crippen molar-refractivity contribution >= 4 is 17.5 Å². The molecule has 0 atom stereocenters. The molecule has 0 unspecified atom stereocenters. The highest BCUT2D eigenvalue weighted by Crippen LogP contribution is 2.23. The maximum Gasteiger partial charge on any atom is 0.258 e. The maximum absolute atomic E-state index is 13.9. The SMILES string of the molecule is CCCN(C(=O)c1c(F)cccc1Cl)C1CCNCC1. The van der Waals surface area contributed by atoms with Crippen molar-refractivity contribution in [3.63, 3.8) is 0 Å². The Bertz CT molecular complexity index is 455.